The number of rotatable bonds is 4. The molecule has 0 aliphatic heterocycles. The van der Waals surface area contributed by atoms with Crippen LogP contribution < -0.4 is 5.32 Å². The van der Waals surface area contributed by atoms with Gasteiger partial charge in [-0.15, -0.1) is 0 Å². The summed E-state index contributed by atoms with van der Waals surface area (Å²) in [5.74, 6) is -0.115. The summed E-state index contributed by atoms with van der Waals surface area (Å²) in [6.45, 7) is 6.13. The third-order valence-electron chi connectivity index (χ3n) is 3.85. The number of nitrogens with one attached hydrogen (secondary N) is 1. The summed E-state index contributed by atoms with van der Waals surface area (Å²) in [5.41, 5.74) is 5.36. The average Bonchev–Trinajstić information content (AvgIpc) is 2.87. The van der Waals surface area contributed by atoms with Gasteiger partial charge in [-0.3, -0.25) is 9.20 Å². The summed E-state index contributed by atoms with van der Waals surface area (Å²) < 4.78 is 1.89. The van der Waals surface area contributed by atoms with Crippen LogP contribution in [0.2, 0.25) is 0 Å². The quantitative estimate of drug-likeness (QED) is 0.787. The molecule has 0 saturated carbocycles. The molecule has 3 aromatic rings. The van der Waals surface area contributed by atoms with E-state index in [-0.39, 0.29) is 5.91 Å². The van der Waals surface area contributed by atoms with E-state index in [1.807, 2.05) is 60.8 Å². The number of carbonyl (C=O) groups excluding carboxylic acids is 1. The molecule has 0 aliphatic carbocycles. The molecule has 1 N–H and O–H groups in total. The molecule has 0 fully saturated rings. The summed E-state index contributed by atoms with van der Waals surface area (Å²) in [4.78, 5) is 17.4. The van der Waals surface area contributed by atoms with Gasteiger partial charge < -0.3 is 5.32 Å². The van der Waals surface area contributed by atoms with Gasteiger partial charge in [0.25, 0.3) is 5.91 Å². The van der Waals surface area contributed by atoms with E-state index in [0.717, 1.165) is 35.4 Å². The van der Waals surface area contributed by atoms with Crippen molar-refractivity contribution in [3.63, 3.8) is 0 Å². The highest BCUT2D eigenvalue weighted by Crippen LogP contribution is 2.18. The van der Waals surface area contributed by atoms with Crippen molar-refractivity contribution in [2.75, 3.05) is 5.32 Å². The maximum absolute atomic E-state index is 12.8. The van der Waals surface area contributed by atoms with Gasteiger partial charge in [-0.2, -0.15) is 0 Å². The lowest BCUT2D eigenvalue weighted by molar-refractivity contribution is 0.102. The van der Waals surface area contributed by atoms with E-state index in [9.17, 15) is 4.79 Å². The van der Waals surface area contributed by atoms with Gasteiger partial charge >= 0.3 is 0 Å². The fourth-order valence-electron chi connectivity index (χ4n) is 2.68. The van der Waals surface area contributed by atoms with E-state index in [1.54, 1.807) is 0 Å². The zero-order valence-corrected chi connectivity index (χ0v) is 13.8. The number of imidazole rings is 1. The Labute approximate surface area is 136 Å². The van der Waals surface area contributed by atoms with E-state index < -0.39 is 0 Å². The third kappa shape index (κ3) is 3.11. The Kier molecular flexibility index (Phi) is 4.15. The molecule has 0 aliphatic rings. The molecule has 0 spiro atoms. The second-order valence-corrected chi connectivity index (χ2v) is 5.91. The van der Waals surface area contributed by atoms with Gasteiger partial charge in [-0.25, -0.2) is 4.98 Å². The van der Waals surface area contributed by atoms with Crippen LogP contribution in [0.4, 0.5) is 5.69 Å². The van der Waals surface area contributed by atoms with Gasteiger partial charge in [0.05, 0.1) is 5.69 Å². The van der Waals surface area contributed by atoms with Crippen molar-refractivity contribution in [2.24, 2.45) is 0 Å². The summed E-state index contributed by atoms with van der Waals surface area (Å²) in [5, 5.41) is 2.98. The van der Waals surface area contributed by atoms with Crippen molar-refractivity contribution in [2.45, 2.75) is 33.6 Å². The highest BCUT2D eigenvalue weighted by Gasteiger charge is 2.19. The van der Waals surface area contributed by atoms with Gasteiger partial charge in [0.1, 0.15) is 11.3 Å². The van der Waals surface area contributed by atoms with Crippen LogP contribution in [0.5, 0.6) is 0 Å². The third-order valence-corrected chi connectivity index (χ3v) is 3.85. The molecule has 0 bridgehead atoms. The fourth-order valence-corrected chi connectivity index (χ4v) is 2.68. The first kappa shape index (κ1) is 15.3. The van der Waals surface area contributed by atoms with Gasteiger partial charge in [-0.1, -0.05) is 37.1 Å². The number of hydrogen-bond donors (Lipinski definition) is 1. The van der Waals surface area contributed by atoms with Gasteiger partial charge in [-0.05, 0) is 44.0 Å². The number of carbonyl (C=O) groups is 1. The second kappa shape index (κ2) is 6.24. The largest absolute Gasteiger partial charge is 0.321 e. The average molecular weight is 307 g/mol. The molecule has 4 nitrogen and oxygen atoms in total. The Morgan fingerprint density at radius 2 is 1.78 bits per heavy atom. The zero-order valence-electron chi connectivity index (χ0n) is 13.8. The van der Waals surface area contributed by atoms with E-state index in [2.05, 4.69) is 17.2 Å². The SMILES string of the molecule is CCCc1nc2ccc(C)cn2c1C(=O)Nc1ccc(C)cc1. The lowest BCUT2D eigenvalue weighted by atomic mass is 10.2. The first-order chi connectivity index (χ1) is 11.1. The van der Waals surface area contributed by atoms with Crippen LogP contribution in [0.15, 0.2) is 42.6 Å². The molecule has 4 heteroatoms. The fraction of sp³-hybridized carbons (Fsp3) is 0.263. The molecule has 1 aromatic carbocycles. The van der Waals surface area contributed by atoms with Crippen LogP contribution in [-0.4, -0.2) is 15.3 Å². The molecule has 0 saturated heterocycles. The van der Waals surface area contributed by atoms with Gasteiger partial charge in [0.15, 0.2) is 0 Å². The first-order valence-electron chi connectivity index (χ1n) is 7.94. The predicted molar refractivity (Wildman–Crippen MR) is 93.1 cm³/mol. The molecule has 0 radical (unpaired) electrons. The summed E-state index contributed by atoms with van der Waals surface area (Å²) in [7, 11) is 0. The first-order valence-corrected chi connectivity index (χ1v) is 7.94. The molecular weight excluding hydrogens is 286 g/mol. The Morgan fingerprint density at radius 1 is 1.09 bits per heavy atom. The number of aromatic nitrogens is 2. The lowest BCUT2D eigenvalue weighted by Crippen LogP contribution is -2.16. The number of hydrogen-bond acceptors (Lipinski definition) is 2. The number of amides is 1. The minimum Gasteiger partial charge on any atom is -0.321 e. The van der Waals surface area contributed by atoms with Crippen molar-refractivity contribution < 1.29 is 4.79 Å². The molecule has 1 amide bonds. The summed E-state index contributed by atoms with van der Waals surface area (Å²) >= 11 is 0. The topological polar surface area (TPSA) is 46.4 Å². The maximum Gasteiger partial charge on any atom is 0.274 e. The van der Waals surface area contributed by atoms with Crippen molar-refractivity contribution in [3.8, 4) is 0 Å². The monoisotopic (exact) mass is 307 g/mol. The Balaban J connectivity index is 2.02. The number of pyridine rings is 1. The van der Waals surface area contributed by atoms with E-state index >= 15 is 0 Å². The minimum absolute atomic E-state index is 0.115. The highest BCUT2D eigenvalue weighted by atomic mass is 16.2. The number of nitrogens with zero attached hydrogens (tertiary/aromatic N) is 2. The van der Waals surface area contributed by atoms with E-state index in [0.29, 0.717) is 5.69 Å². The number of aryl methyl sites for hydroxylation is 3. The zero-order chi connectivity index (χ0) is 16.4. The van der Waals surface area contributed by atoms with Crippen LogP contribution >= 0.6 is 0 Å². The number of fused-ring (bicyclic) bond motifs is 1. The normalized spacial score (nSPS) is 10.9. The number of anilines is 1. The second-order valence-electron chi connectivity index (χ2n) is 5.91. The van der Waals surface area contributed by atoms with Crippen molar-refractivity contribution >= 4 is 17.2 Å². The molecule has 3 rings (SSSR count). The summed E-state index contributed by atoms with van der Waals surface area (Å²) in [6, 6.07) is 11.8. The molecule has 0 atom stereocenters. The van der Waals surface area contributed by atoms with Crippen LogP contribution in [0, 0.1) is 13.8 Å². The molecule has 2 heterocycles. The van der Waals surface area contributed by atoms with Crippen LogP contribution in [0.1, 0.15) is 40.7 Å². The predicted octanol–water partition coefficient (Wildman–Crippen LogP) is 4.16. The minimum atomic E-state index is -0.115. The van der Waals surface area contributed by atoms with E-state index in [4.69, 9.17) is 0 Å². The smallest absolute Gasteiger partial charge is 0.274 e. The molecule has 0 unspecified atom stereocenters. The van der Waals surface area contributed by atoms with Crippen LogP contribution in [0.25, 0.3) is 5.65 Å². The van der Waals surface area contributed by atoms with Crippen molar-refractivity contribution in [1.29, 1.82) is 0 Å². The molecule has 2 aromatic heterocycles. The Hall–Kier alpha value is -2.62. The Morgan fingerprint density at radius 3 is 2.48 bits per heavy atom. The molecule has 118 valence electrons. The van der Waals surface area contributed by atoms with Crippen LogP contribution in [-0.2, 0) is 6.42 Å². The van der Waals surface area contributed by atoms with Crippen LogP contribution in [0.3, 0.4) is 0 Å². The number of benzene rings is 1. The lowest BCUT2D eigenvalue weighted by Gasteiger charge is -2.08. The summed E-state index contributed by atoms with van der Waals surface area (Å²) in [6.07, 6.45) is 3.70. The van der Waals surface area contributed by atoms with E-state index in [1.165, 1.54) is 5.56 Å². The van der Waals surface area contributed by atoms with Crippen molar-refractivity contribution in [3.05, 3.63) is 65.1 Å². The van der Waals surface area contributed by atoms with Gasteiger partial charge in [0.2, 0.25) is 0 Å². The molecule has 23 heavy (non-hydrogen) atoms. The van der Waals surface area contributed by atoms with Crippen molar-refractivity contribution in [1.82, 2.24) is 9.38 Å². The standard InChI is InChI=1S/C19H21N3O/c1-4-5-16-18(22-12-14(3)8-11-17(22)21-16)19(23)20-15-9-6-13(2)7-10-15/h6-12H,4-5H2,1-3H3,(H,20,23). The maximum atomic E-state index is 12.8. The van der Waals surface area contributed by atoms with Gasteiger partial charge in [0, 0.05) is 11.9 Å². The highest BCUT2D eigenvalue weighted by molar-refractivity contribution is 6.04. The molecular formula is C19H21N3O. The Bertz CT molecular complexity index is 847.